The highest BCUT2D eigenvalue weighted by Gasteiger charge is 2.26. The summed E-state index contributed by atoms with van der Waals surface area (Å²) < 4.78 is 15.1. The average molecular weight is 259 g/mol. The molecule has 0 amide bonds. The van der Waals surface area contributed by atoms with Gasteiger partial charge in [-0.2, -0.15) is 0 Å². The van der Waals surface area contributed by atoms with E-state index in [1.165, 1.54) is 12.1 Å². The van der Waals surface area contributed by atoms with Gasteiger partial charge in [0, 0.05) is 18.0 Å². The van der Waals surface area contributed by atoms with E-state index < -0.39 is 0 Å². The van der Waals surface area contributed by atoms with Gasteiger partial charge in [-0.1, -0.05) is 6.92 Å². The van der Waals surface area contributed by atoms with Crippen LogP contribution in [-0.2, 0) is 6.42 Å². The number of anilines is 1. The number of aromatic nitrogens is 2. The molecule has 0 saturated heterocycles. The maximum absolute atomic E-state index is 13.0. The van der Waals surface area contributed by atoms with Gasteiger partial charge < -0.3 is 10.3 Å². The molecule has 3 nitrogen and oxygen atoms in total. The van der Waals surface area contributed by atoms with E-state index in [0.29, 0.717) is 17.8 Å². The smallest absolute Gasteiger partial charge is 0.131 e. The number of nitrogens with two attached hydrogens (primary N) is 1. The van der Waals surface area contributed by atoms with Crippen molar-refractivity contribution in [3.63, 3.8) is 0 Å². The van der Waals surface area contributed by atoms with E-state index in [1.807, 2.05) is 0 Å². The first-order chi connectivity index (χ1) is 9.06. The summed E-state index contributed by atoms with van der Waals surface area (Å²) >= 11 is 0. The molecule has 2 aromatic rings. The summed E-state index contributed by atoms with van der Waals surface area (Å²) in [7, 11) is 0. The Morgan fingerprint density at radius 2 is 1.95 bits per heavy atom. The standard InChI is InChI=1S/C15H18FN3/c1-9-7-10(2)19-13(8-9)18-14(15(19)17)11-3-5-12(16)6-4-11/h3-6,9-10H,7-8,17H2,1-2H3. The number of nitrogens with zero attached hydrogens (tertiary/aromatic N) is 2. The van der Waals surface area contributed by atoms with Crippen LogP contribution in [0, 0.1) is 11.7 Å². The number of halogens is 1. The number of benzene rings is 1. The SMILES string of the molecule is CC1Cc2nc(-c3ccc(F)cc3)c(N)n2C(C)C1. The van der Waals surface area contributed by atoms with Crippen molar-refractivity contribution in [3.8, 4) is 11.3 Å². The molecule has 1 aromatic heterocycles. The van der Waals surface area contributed by atoms with Crippen LogP contribution >= 0.6 is 0 Å². The second kappa shape index (κ2) is 4.37. The third-order valence-electron chi connectivity index (χ3n) is 3.85. The molecule has 2 heterocycles. The molecule has 0 aliphatic carbocycles. The zero-order valence-electron chi connectivity index (χ0n) is 11.2. The highest BCUT2D eigenvalue weighted by Crippen LogP contribution is 2.36. The summed E-state index contributed by atoms with van der Waals surface area (Å²) in [5.74, 6) is 2.13. The van der Waals surface area contributed by atoms with Crippen molar-refractivity contribution >= 4 is 5.82 Å². The van der Waals surface area contributed by atoms with Crippen molar-refractivity contribution in [2.24, 2.45) is 5.92 Å². The van der Waals surface area contributed by atoms with Gasteiger partial charge in [-0.3, -0.25) is 0 Å². The van der Waals surface area contributed by atoms with E-state index >= 15 is 0 Å². The van der Waals surface area contributed by atoms with Gasteiger partial charge >= 0.3 is 0 Å². The Kier molecular flexibility index (Phi) is 2.81. The normalized spacial score (nSPS) is 22.3. The second-order valence-electron chi connectivity index (χ2n) is 5.53. The topological polar surface area (TPSA) is 43.8 Å². The Bertz CT molecular complexity index is 601. The van der Waals surface area contributed by atoms with E-state index in [1.54, 1.807) is 12.1 Å². The van der Waals surface area contributed by atoms with Crippen LogP contribution in [0.3, 0.4) is 0 Å². The first-order valence-electron chi connectivity index (χ1n) is 6.68. The fourth-order valence-corrected chi connectivity index (χ4v) is 3.03. The number of hydrogen-bond donors (Lipinski definition) is 1. The summed E-state index contributed by atoms with van der Waals surface area (Å²) in [5, 5.41) is 0. The number of fused-ring (bicyclic) bond motifs is 1. The first-order valence-corrected chi connectivity index (χ1v) is 6.68. The minimum atomic E-state index is -0.242. The number of imidazole rings is 1. The third kappa shape index (κ3) is 2.01. The maximum atomic E-state index is 13.0. The van der Waals surface area contributed by atoms with Crippen molar-refractivity contribution in [2.75, 3.05) is 5.73 Å². The van der Waals surface area contributed by atoms with E-state index in [4.69, 9.17) is 5.73 Å². The zero-order valence-corrected chi connectivity index (χ0v) is 11.2. The fourth-order valence-electron chi connectivity index (χ4n) is 3.03. The lowest BCUT2D eigenvalue weighted by Crippen LogP contribution is -2.22. The minimum Gasteiger partial charge on any atom is -0.383 e. The molecular formula is C15H18FN3. The summed E-state index contributed by atoms with van der Waals surface area (Å²) in [6.45, 7) is 4.41. The highest BCUT2D eigenvalue weighted by atomic mass is 19.1. The van der Waals surface area contributed by atoms with E-state index in [-0.39, 0.29) is 5.82 Å². The van der Waals surface area contributed by atoms with Crippen molar-refractivity contribution in [1.82, 2.24) is 9.55 Å². The van der Waals surface area contributed by atoms with E-state index in [2.05, 4.69) is 23.4 Å². The van der Waals surface area contributed by atoms with Crippen LogP contribution in [0.5, 0.6) is 0 Å². The Balaban J connectivity index is 2.09. The van der Waals surface area contributed by atoms with Crippen LogP contribution < -0.4 is 5.73 Å². The van der Waals surface area contributed by atoms with Gasteiger partial charge in [0.1, 0.15) is 23.2 Å². The third-order valence-corrected chi connectivity index (χ3v) is 3.85. The van der Waals surface area contributed by atoms with Crippen LogP contribution in [0.15, 0.2) is 24.3 Å². The quantitative estimate of drug-likeness (QED) is 0.852. The van der Waals surface area contributed by atoms with Crippen LogP contribution in [0.1, 0.15) is 32.1 Å². The maximum Gasteiger partial charge on any atom is 0.131 e. The lowest BCUT2D eigenvalue weighted by atomic mass is 9.95. The van der Waals surface area contributed by atoms with Crippen LogP contribution in [0.4, 0.5) is 10.2 Å². The summed E-state index contributed by atoms with van der Waals surface area (Å²) in [6, 6.07) is 6.72. The largest absolute Gasteiger partial charge is 0.383 e. The lowest BCUT2D eigenvalue weighted by Gasteiger charge is -2.27. The molecule has 100 valence electrons. The summed E-state index contributed by atoms with van der Waals surface area (Å²) in [5.41, 5.74) is 7.89. The second-order valence-corrected chi connectivity index (χ2v) is 5.53. The monoisotopic (exact) mass is 259 g/mol. The molecule has 4 heteroatoms. The molecule has 19 heavy (non-hydrogen) atoms. The number of nitrogen functional groups attached to an aromatic ring is 1. The van der Waals surface area contributed by atoms with Crippen molar-refractivity contribution < 1.29 is 4.39 Å². The lowest BCUT2D eigenvalue weighted by molar-refractivity contribution is 0.346. The molecule has 0 bridgehead atoms. The van der Waals surface area contributed by atoms with Crippen LogP contribution in [-0.4, -0.2) is 9.55 Å². The molecule has 1 aliphatic rings. The highest BCUT2D eigenvalue weighted by molar-refractivity contribution is 5.71. The predicted octanol–water partition coefficient (Wildman–Crippen LogP) is 3.41. The van der Waals surface area contributed by atoms with Gasteiger partial charge in [0.2, 0.25) is 0 Å². The van der Waals surface area contributed by atoms with Crippen molar-refractivity contribution in [1.29, 1.82) is 0 Å². The van der Waals surface area contributed by atoms with Crippen molar-refractivity contribution in [2.45, 2.75) is 32.7 Å². The Morgan fingerprint density at radius 1 is 1.26 bits per heavy atom. The number of rotatable bonds is 1. The van der Waals surface area contributed by atoms with Crippen LogP contribution in [0.25, 0.3) is 11.3 Å². The molecule has 2 atom stereocenters. The van der Waals surface area contributed by atoms with Gasteiger partial charge in [-0.05, 0) is 43.5 Å². The summed E-state index contributed by atoms with van der Waals surface area (Å²) in [6.07, 6.45) is 2.08. The van der Waals surface area contributed by atoms with E-state index in [9.17, 15) is 4.39 Å². The molecule has 1 aromatic carbocycles. The number of hydrogen-bond acceptors (Lipinski definition) is 2. The molecule has 0 fully saturated rings. The Labute approximate surface area is 112 Å². The molecule has 0 radical (unpaired) electrons. The Morgan fingerprint density at radius 3 is 2.63 bits per heavy atom. The van der Waals surface area contributed by atoms with Gasteiger partial charge in [-0.25, -0.2) is 9.37 Å². The molecule has 2 unspecified atom stereocenters. The van der Waals surface area contributed by atoms with Gasteiger partial charge in [0.25, 0.3) is 0 Å². The molecular weight excluding hydrogens is 241 g/mol. The van der Waals surface area contributed by atoms with Gasteiger partial charge in [0.05, 0.1) is 0 Å². The predicted molar refractivity (Wildman–Crippen MR) is 74.2 cm³/mol. The summed E-state index contributed by atoms with van der Waals surface area (Å²) in [4.78, 5) is 4.67. The molecule has 0 saturated carbocycles. The average Bonchev–Trinajstić information content (AvgIpc) is 2.67. The zero-order chi connectivity index (χ0) is 13.6. The van der Waals surface area contributed by atoms with Gasteiger partial charge in [0.15, 0.2) is 0 Å². The minimum absolute atomic E-state index is 0.242. The van der Waals surface area contributed by atoms with Crippen LogP contribution in [0.2, 0.25) is 0 Å². The molecule has 1 aliphatic heterocycles. The fraction of sp³-hybridized carbons (Fsp3) is 0.400. The van der Waals surface area contributed by atoms with Crippen molar-refractivity contribution in [3.05, 3.63) is 35.9 Å². The van der Waals surface area contributed by atoms with E-state index in [0.717, 1.165) is 29.9 Å². The van der Waals surface area contributed by atoms with Gasteiger partial charge in [-0.15, -0.1) is 0 Å². The molecule has 2 N–H and O–H groups in total. The molecule has 3 rings (SSSR count). The molecule has 0 spiro atoms. The Hall–Kier alpha value is -1.84. The first kappa shape index (κ1) is 12.2.